The van der Waals surface area contributed by atoms with Crippen molar-refractivity contribution in [2.75, 3.05) is 9.80 Å². The van der Waals surface area contributed by atoms with Gasteiger partial charge in [-0.05, 0) is 171 Å². The fraction of sp³-hybridized carbons (Fsp3) is 0.156. The van der Waals surface area contributed by atoms with Gasteiger partial charge in [-0.15, -0.1) is 0 Å². The van der Waals surface area contributed by atoms with E-state index in [1.807, 2.05) is 0 Å². The summed E-state index contributed by atoms with van der Waals surface area (Å²) in [5.41, 5.74) is 22.1. The molecule has 534 valence electrons. The highest BCUT2D eigenvalue weighted by Gasteiger charge is 2.53. The van der Waals surface area contributed by atoms with Gasteiger partial charge in [-0.2, -0.15) is 0 Å². The van der Waals surface area contributed by atoms with Crippen LogP contribution in [-0.2, 0) is 5.41 Å². The fourth-order valence-electron chi connectivity index (χ4n) is 21.1. The Morgan fingerprint density at radius 1 is 0.189 bits per heavy atom. The molecule has 3 aliphatic rings. The molecule has 111 heavy (non-hydrogen) atoms. The van der Waals surface area contributed by atoms with Gasteiger partial charge in [0, 0.05) is 60.6 Å². The number of fused-ring (bicyclic) bond motifs is 15. The lowest BCUT2D eigenvalue weighted by Crippen LogP contribution is -2.43. The van der Waals surface area contributed by atoms with Crippen LogP contribution in [0.15, 0.2) is 352 Å². The first kappa shape index (κ1) is 66.8. The SMILES string of the molecule is c1ccc(-c2ccc3c(ccc4ccccc43)c2N(c2ccc3c(c2)C(C2CCCCCCC2)(C2CCCCCCC2)c2cc(N(c4c(-c5ccccc5)ccc5c4ccc4ccccc45)c4c(-c5ccccc5)ccc5c4ccc4ccccc45)ccc2-3)c2c(-c3ccccc3)ccc3c2ccc2ccccc23)cc1. The molecule has 2 heteroatoms. The summed E-state index contributed by atoms with van der Waals surface area (Å²) in [5, 5.41) is 19.8. The van der Waals surface area contributed by atoms with Gasteiger partial charge < -0.3 is 9.80 Å². The Morgan fingerprint density at radius 3 is 0.703 bits per heavy atom. The Hall–Kier alpha value is -12.4. The molecule has 0 aromatic heterocycles. The first-order valence-corrected chi connectivity index (χ1v) is 41.0. The third-order valence-electron chi connectivity index (χ3n) is 26.0. The van der Waals surface area contributed by atoms with Crippen molar-refractivity contribution in [1.82, 2.24) is 0 Å². The van der Waals surface area contributed by atoms with Crippen LogP contribution in [0.4, 0.5) is 34.1 Å². The normalized spacial score (nSPS) is 14.9. The third-order valence-corrected chi connectivity index (χ3v) is 26.0. The summed E-state index contributed by atoms with van der Waals surface area (Å²) in [4.78, 5) is 5.59. The quantitative estimate of drug-likeness (QED) is 0.113. The van der Waals surface area contributed by atoms with Crippen LogP contribution in [0.25, 0.3) is 142 Å². The fourth-order valence-corrected chi connectivity index (χ4v) is 21.1. The minimum atomic E-state index is -0.383. The van der Waals surface area contributed by atoms with Crippen LogP contribution in [0.1, 0.15) is 101 Å². The Morgan fingerprint density at radius 2 is 0.423 bits per heavy atom. The van der Waals surface area contributed by atoms with E-state index in [2.05, 4.69) is 362 Å². The van der Waals surface area contributed by atoms with Gasteiger partial charge in [0.2, 0.25) is 0 Å². The molecule has 0 bridgehead atoms. The Balaban J connectivity index is 0.906. The minimum absolute atomic E-state index is 0.370. The van der Waals surface area contributed by atoms with Crippen molar-refractivity contribution in [3.05, 3.63) is 363 Å². The molecular weight excluding hydrogens is 1340 g/mol. The maximum Gasteiger partial charge on any atom is 0.0619 e. The molecule has 0 unspecified atom stereocenters. The van der Waals surface area contributed by atoms with Crippen LogP contribution < -0.4 is 9.80 Å². The monoisotopic (exact) mass is 1420 g/mol. The van der Waals surface area contributed by atoms with E-state index in [4.69, 9.17) is 0 Å². The van der Waals surface area contributed by atoms with E-state index in [0.717, 1.165) is 0 Å². The van der Waals surface area contributed by atoms with Crippen LogP contribution in [0.5, 0.6) is 0 Å². The van der Waals surface area contributed by atoms with Crippen molar-refractivity contribution in [3.8, 4) is 55.6 Å². The predicted octanol–water partition coefficient (Wildman–Crippen LogP) is 31.5. The van der Waals surface area contributed by atoms with E-state index in [-0.39, 0.29) is 5.41 Å². The predicted molar refractivity (Wildman–Crippen MR) is 475 cm³/mol. The molecule has 2 saturated carbocycles. The van der Waals surface area contributed by atoms with Crippen molar-refractivity contribution in [3.63, 3.8) is 0 Å². The van der Waals surface area contributed by atoms with E-state index in [1.54, 1.807) is 0 Å². The van der Waals surface area contributed by atoms with E-state index in [1.165, 1.54) is 277 Å². The summed E-state index contributed by atoms with van der Waals surface area (Å²) in [6, 6.07) is 136. The summed E-state index contributed by atoms with van der Waals surface area (Å²) in [7, 11) is 0. The Kier molecular flexibility index (Phi) is 17.0. The van der Waals surface area contributed by atoms with E-state index < -0.39 is 0 Å². The van der Waals surface area contributed by atoms with Crippen LogP contribution in [-0.4, -0.2) is 0 Å². The third kappa shape index (κ3) is 11.3. The highest BCUT2D eigenvalue weighted by Crippen LogP contribution is 2.65. The van der Waals surface area contributed by atoms with Crippen molar-refractivity contribution in [2.45, 2.75) is 95.3 Å². The zero-order chi connectivity index (χ0) is 73.4. The first-order valence-electron chi connectivity index (χ1n) is 41.0. The number of benzene rings is 18. The molecular formula is C109H88N2. The molecule has 0 aliphatic heterocycles. The standard InChI is InChI=1S/C109H88N2/c1-3-19-43-81(44-20-4-1)109(82-45-21-5-2-6-22-46-82)103-71-83(110(105-89(73-31-11-7-12-32-73)63-67-93-85-47-27-23-39-77(85)51-57-99(93)105)106-90(74-33-13-8-14-34-74)64-68-94-86-48-28-24-40-78(86)52-58-100(94)106)55-61-97(103)98-62-56-84(72-104(98)109)111(107-91(75-35-15-9-16-36-75)65-69-95-87-49-29-25-41-79(87)53-59-101(95)107)108-92(76-37-17-10-18-38-76)66-70-96-88-50-30-26-42-80(88)54-60-102(96)108/h7-18,23-42,47-72,81-82H,1-6,19-22,43-46H2. The smallest absolute Gasteiger partial charge is 0.0619 e. The average molecular weight is 1430 g/mol. The van der Waals surface area contributed by atoms with Crippen molar-refractivity contribution in [1.29, 1.82) is 0 Å². The Labute approximate surface area is 651 Å². The van der Waals surface area contributed by atoms with Gasteiger partial charge in [-0.25, -0.2) is 0 Å². The van der Waals surface area contributed by atoms with Gasteiger partial charge in [0.05, 0.1) is 22.7 Å². The molecule has 0 atom stereocenters. The van der Waals surface area contributed by atoms with Crippen molar-refractivity contribution in [2.24, 2.45) is 11.8 Å². The van der Waals surface area contributed by atoms with Crippen LogP contribution >= 0.6 is 0 Å². The molecule has 0 heterocycles. The van der Waals surface area contributed by atoms with E-state index in [0.29, 0.717) is 11.8 Å². The molecule has 2 fully saturated rings. The molecule has 0 radical (unpaired) electrons. The molecule has 21 rings (SSSR count). The summed E-state index contributed by atoms with van der Waals surface area (Å²) in [6.45, 7) is 0. The van der Waals surface area contributed by atoms with Gasteiger partial charge in [0.25, 0.3) is 0 Å². The number of hydrogen-bond acceptors (Lipinski definition) is 2. The number of nitrogens with zero attached hydrogens (tertiary/aromatic N) is 2. The second-order valence-corrected chi connectivity index (χ2v) is 31.9. The molecule has 0 amide bonds. The molecule has 0 spiro atoms. The van der Waals surface area contributed by atoms with Gasteiger partial charge in [0.1, 0.15) is 0 Å². The number of anilines is 6. The van der Waals surface area contributed by atoms with E-state index >= 15 is 0 Å². The molecule has 18 aromatic carbocycles. The highest BCUT2D eigenvalue weighted by molar-refractivity contribution is 6.23. The molecule has 0 saturated heterocycles. The van der Waals surface area contributed by atoms with Crippen molar-refractivity contribution < 1.29 is 0 Å². The van der Waals surface area contributed by atoms with Gasteiger partial charge in [0.15, 0.2) is 0 Å². The van der Waals surface area contributed by atoms with Crippen LogP contribution in [0, 0.1) is 11.8 Å². The minimum Gasteiger partial charge on any atom is -0.308 e. The first-order chi connectivity index (χ1) is 55.1. The molecule has 2 nitrogen and oxygen atoms in total. The summed E-state index contributed by atoms with van der Waals surface area (Å²) in [6.07, 6.45) is 17.3. The maximum absolute atomic E-state index is 2.82. The van der Waals surface area contributed by atoms with Crippen LogP contribution in [0.2, 0.25) is 0 Å². The largest absolute Gasteiger partial charge is 0.308 e. The van der Waals surface area contributed by atoms with Crippen molar-refractivity contribution >= 4 is 120 Å². The lowest BCUT2D eigenvalue weighted by molar-refractivity contribution is 0.154. The molecule has 18 aromatic rings. The summed E-state index contributed by atoms with van der Waals surface area (Å²) < 4.78 is 0. The van der Waals surface area contributed by atoms with Crippen LogP contribution in [0.3, 0.4) is 0 Å². The lowest BCUT2D eigenvalue weighted by Gasteiger charge is -2.48. The topological polar surface area (TPSA) is 6.48 Å². The maximum atomic E-state index is 2.82. The van der Waals surface area contributed by atoms with Gasteiger partial charge in [-0.3, -0.25) is 0 Å². The highest BCUT2D eigenvalue weighted by atomic mass is 15.2. The van der Waals surface area contributed by atoms with E-state index in [9.17, 15) is 0 Å². The zero-order valence-corrected chi connectivity index (χ0v) is 62.9. The number of rotatable bonds is 12. The van der Waals surface area contributed by atoms with Gasteiger partial charge >= 0.3 is 0 Å². The average Bonchev–Trinajstić information content (AvgIpc) is 1.56. The Bertz CT molecular complexity index is 5870. The molecule has 0 N–H and O–H groups in total. The number of hydrogen-bond donors (Lipinski definition) is 0. The summed E-state index contributed by atoms with van der Waals surface area (Å²) >= 11 is 0. The second kappa shape index (κ2) is 28.3. The zero-order valence-electron chi connectivity index (χ0n) is 62.9. The molecule has 3 aliphatic carbocycles. The summed E-state index contributed by atoms with van der Waals surface area (Å²) in [5.74, 6) is 0.740. The lowest BCUT2D eigenvalue weighted by atomic mass is 9.56. The van der Waals surface area contributed by atoms with Gasteiger partial charge in [-0.1, -0.05) is 392 Å². The second-order valence-electron chi connectivity index (χ2n) is 31.9.